The lowest BCUT2D eigenvalue weighted by molar-refractivity contribution is -0.115. The average Bonchev–Trinajstić information content (AvgIpc) is 2.81. The molecule has 5 nitrogen and oxygen atoms in total. The van der Waals surface area contributed by atoms with Gasteiger partial charge in [-0.1, -0.05) is 19.1 Å². The van der Waals surface area contributed by atoms with Crippen LogP contribution in [0.1, 0.15) is 32.0 Å². The molecule has 0 spiro atoms. The molecule has 0 aliphatic rings. The zero-order chi connectivity index (χ0) is 26.0. The first-order valence-electron chi connectivity index (χ1n) is 10.9. The maximum atomic E-state index is 14.2. The first kappa shape index (κ1) is 27.9. The molecule has 0 aliphatic carbocycles. The van der Waals surface area contributed by atoms with Crippen LogP contribution in [0.4, 0.5) is 24.5 Å². The van der Waals surface area contributed by atoms with Crippen molar-refractivity contribution < 1.29 is 22.8 Å². The summed E-state index contributed by atoms with van der Waals surface area (Å²) < 4.78 is 39.3. The second kappa shape index (κ2) is 12.9. The molecular weight excluding hydrogens is 475 g/mol. The minimum atomic E-state index is -0.908. The summed E-state index contributed by atoms with van der Waals surface area (Å²) in [7, 11) is 1.47. The van der Waals surface area contributed by atoms with Crippen molar-refractivity contribution in [2.24, 2.45) is 0 Å². The van der Waals surface area contributed by atoms with Crippen LogP contribution in [-0.4, -0.2) is 30.0 Å². The van der Waals surface area contributed by atoms with Gasteiger partial charge in [0, 0.05) is 40.5 Å². The number of para-hydroxylation sites is 1. The van der Waals surface area contributed by atoms with Gasteiger partial charge in [-0.2, -0.15) is 0 Å². The van der Waals surface area contributed by atoms with Gasteiger partial charge in [0.05, 0.1) is 6.42 Å². The maximum absolute atomic E-state index is 14.2. The van der Waals surface area contributed by atoms with E-state index in [-0.39, 0.29) is 18.0 Å². The Balaban J connectivity index is 0.000000360. The minimum absolute atomic E-state index is 0.0810. The number of hydrogen-bond donors (Lipinski definition) is 2. The number of thioether (sulfide) groups is 1. The molecule has 3 aromatic rings. The third-order valence-electron chi connectivity index (χ3n) is 4.90. The number of nitrogens with one attached hydrogen (secondary N) is 2. The summed E-state index contributed by atoms with van der Waals surface area (Å²) in [5.41, 5.74) is 0.311. The van der Waals surface area contributed by atoms with Crippen LogP contribution in [0.15, 0.2) is 59.6 Å². The van der Waals surface area contributed by atoms with E-state index in [1.54, 1.807) is 37.9 Å². The Kier molecular flexibility index (Phi) is 10.3. The monoisotopic (exact) mass is 503 g/mol. The average molecular weight is 504 g/mol. The van der Waals surface area contributed by atoms with Gasteiger partial charge in [-0.05, 0) is 56.0 Å². The first-order chi connectivity index (χ1) is 16.6. The van der Waals surface area contributed by atoms with Crippen molar-refractivity contribution in [2.45, 2.75) is 37.5 Å². The van der Waals surface area contributed by atoms with Crippen LogP contribution in [0.2, 0.25) is 0 Å². The van der Waals surface area contributed by atoms with Crippen LogP contribution in [0.5, 0.6) is 0 Å². The molecule has 0 unspecified atom stereocenters. The Morgan fingerprint density at radius 3 is 2.23 bits per heavy atom. The van der Waals surface area contributed by atoms with E-state index in [1.807, 2.05) is 12.1 Å². The smallest absolute Gasteiger partial charge is 0.230 e. The van der Waals surface area contributed by atoms with Gasteiger partial charge in [-0.25, -0.2) is 13.2 Å². The zero-order valence-electron chi connectivity index (χ0n) is 20.0. The number of aldehydes is 1. The third-order valence-corrected chi connectivity index (χ3v) is 5.77. The molecule has 3 rings (SSSR count). The number of hydrogen-bond acceptors (Lipinski definition) is 5. The molecule has 35 heavy (non-hydrogen) atoms. The van der Waals surface area contributed by atoms with Crippen molar-refractivity contribution in [1.29, 1.82) is 0 Å². The Labute approximate surface area is 207 Å². The number of aromatic nitrogens is 1. The number of benzene rings is 2. The van der Waals surface area contributed by atoms with E-state index in [4.69, 9.17) is 0 Å². The fraction of sp³-hybridized carbons (Fsp3) is 0.269. The Bertz CT molecular complexity index is 1130. The van der Waals surface area contributed by atoms with Gasteiger partial charge in [0.1, 0.15) is 29.4 Å². The molecule has 1 aromatic heterocycles. The molecule has 2 N–H and O–H groups in total. The van der Waals surface area contributed by atoms with Gasteiger partial charge in [-0.3, -0.25) is 9.78 Å². The summed E-state index contributed by atoms with van der Waals surface area (Å²) in [5, 5.41) is 5.07. The van der Waals surface area contributed by atoms with E-state index >= 15 is 0 Å². The lowest BCUT2D eigenvalue weighted by Crippen LogP contribution is -2.21. The van der Waals surface area contributed by atoms with E-state index in [9.17, 15) is 22.8 Å². The molecule has 0 saturated heterocycles. The molecular formula is C26H28F3N3O2S. The quantitative estimate of drug-likeness (QED) is 0.292. The largest absolute Gasteiger partial charge is 0.383 e. The van der Waals surface area contributed by atoms with Crippen LogP contribution in [-0.2, 0) is 21.4 Å². The standard InChI is InChI=1S/C19H21FN2O2S.C7H7F2N/c1-4-25-15-7-5-13(21-11-15)10-18(24)22-14-6-8-16(17(20)9-14)19(2,3)12-23;1-10-7-5(8)3-2-4-6(7)9/h5-9,11-12H,4,10H2,1-3H3,(H,22,24);2-4,10H,1H3. The molecule has 0 saturated carbocycles. The Morgan fingerprint density at radius 1 is 1.06 bits per heavy atom. The molecule has 0 fully saturated rings. The third kappa shape index (κ3) is 8.13. The van der Waals surface area contributed by atoms with E-state index in [2.05, 4.69) is 22.5 Å². The fourth-order valence-corrected chi connectivity index (χ4v) is 3.68. The second-order valence-corrected chi connectivity index (χ2v) is 9.36. The summed E-state index contributed by atoms with van der Waals surface area (Å²) in [6.07, 6.45) is 2.56. The predicted molar refractivity (Wildman–Crippen MR) is 134 cm³/mol. The molecule has 0 atom stereocenters. The van der Waals surface area contributed by atoms with Crippen molar-refractivity contribution in [1.82, 2.24) is 4.98 Å². The van der Waals surface area contributed by atoms with Gasteiger partial charge >= 0.3 is 0 Å². The highest BCUT2D eigenvalue weighted by Crippen LogP contribution is 2.26. The highest BCUT2D eigenvalue weighted by molar-refractivity contribution is 7.99. The zero-order valence-corrected chi connectivity index (χ0v) is 20.8. The summed E-state index contributed by atoms with van der Waals surface area (Å²) in [4.78, 5) is 28.5. The molecule has 2 aromatic carbocycles. The van der Waals surface area contributed by atoms with Crippen LogP contribution in [0, 0.1) is 17.5 Å². The highest BCUT2D eigenvalue weighted by atomic mass is 32.2. The number of amides is 1. The number of pyridine rings is 1. The van der Waals surface area contributed by atoms with E-state index in [1.165, 1.54) is 37.4 Å². The summed E-state index contributed by atoms with van der Waals surface area (Å²) >= 11 is 1.68. The molecule has 0 aliphatic heterocycles. The first-order valence-corrected chi connectivity index (χ1v) is 11.9. The second-order valence-electron chi connectivity index (χ2n) is 8.02. The topological polar surface area (TPSA) is 71.1 Å². The van der Waals surface area contributed by atoms with Gasteiger partial charge < -0.3 is 15.4 Å². The lowest BCUT2D eigenvalue weighted by atomic mass is 9.86. The fourth-order valence-electron chi connectivity index (χ4n) is 3.05. The van der Waals surface area contributed by atoms with Gasteiger partial charge in [0.15, 0.2) is 0 Å². The number of carbonyl (C=O) groups is 2. The lowest BCUT2D eigenvalue weighted by Gasteiger charge is -2.18. The molecule has 9 heteroatoms. The van der Waals surface area contributed by atoms with E-state index in [0.717, 1.165) is 10.6 Å². The van der Waals surface area contributed by atoms with Gasteiger partial charge in [0.2, 0.25) is 5.91 Å². The summed E-state index contributed by atoms with van der Waals surface area (Å²) in [6, 6.07) is 11.8. The summed E-state index contributed by atoms with van der Waals surface area (Å²) in [5.74, 6) is -0.964. The number of halogens is 3. The molecule has 1 heterocycles. The SMILES string of the molecule is CCSc1ccc(CC(=O)Nc2ccc(C(C)(C)C=O)c(F)c2)nc1.CNc1c(F)cccc1F. The Hall–Kier alpha value is -3.33. The number of carbonyl (C=O) groups excluding carboxylic acids is 2. The highest BCUT2D eigenvalue weighted by Gasteiger charge is 2.23. The van der Waals surface area contributed by atoms with E-state index in [0.29, 0.717) is 23.2 Å². The number of rotatable bonds is 8. The van der Waals surface area contributed by atoms with E-state index < -0.39 is 22.9 Å². The van der Waals surface area contributed by atoms with Crippen molar-refractivity contribution in [2.75, 3.05) is 23.4 Å². The van der Waals surface area contributed by atoms with Gasteiger partial charge in [-0.15, -0.1) is 11.8 Å². The minimum Gasteiger partial charge on any atom is -0.383 e. The van der Waals surface area contributed by atoms with Crippen LogP contribution in [0.3, 0.4) is 0 Å². The maximum Gasteiger partial charge on any atom is 0.230 e. The summed E-state index contributed by atoms with van der Waals surface area (Å²) in [6.45, 7) is 5.35. The van der Waals surface area contributed by atoms with Crippen molar-refractivity contribution in [3.05, 3.63) is 83.4 Å². The van der Waals surface area contributed by atoms with Crippen LogP contribution >= 0.6 is 11.8 Å². The number of nitrogens with zero attached hydrogens (tertiary/aromatic N) is 1. The van der Waals surface area contributed by atoms with Crippen molar-refractivity contribution >= 4 is 35.3 Å². The Morgan fingerprint density at radius 2 is 1.74 bits per heavy atom. The molecule has 0 bridgehead atoms. The molecule has 1 amide bonds. The van der Waals surface area contributed by atoms with Crippen molar-refractivity contribution in [3.63, 3.8) is 0 Å². The van der Waals surface area contributed by atoms with Gasteiger partial charge in [0.25, 0.3) is 0 Å². The number of anilines is 2. The van der Waals surface area contributed by atoms with Crippen LogP contribution in [0.25, 0.3) is 0 Å². The van der Waals surface area contributed by atoms with Crippen LogP contribution < -0.4 is 10.6 Å². The molecule has 186 valence electrons. The van der Waals surface area contributed by atoms with Crippen molar-refractivity contribution in [3.8, 4) is 0 Å². The molecule has 0 radical (unpaired) electrons. The predicted octanol–water partition coefficient (Wildman–Crippen LogP) is 6.00. The normalized spacial score (nSPS) is 10.7.